The van der Waals surface area contributed by atoms with Crippen LogP contribution in [0, 0.1) is 11.3 Å². The van der Waals surface area contributed by atoms with Crippen LogP contribution in [0.4, 0.5) is 0 Å². The van der Waals surface area contributed by atoms with E-state index in [4.69, 9.17) is 0 Å². The van der Waals surface area contributed by atoms with Gasteiger partial charge in [-0.3, -0.25) is 9.79 Å². The van der Waals surface area contributed by atoms with Crippen LogP contribution < -0.4 is 10.6 Å². The van der Waals surface area contributed by atoms with E-state index in [1.165, 1.54) is 12.8 Å². The summed E-state index contributed by atoms with van der Waals surface area (Å²) in [6.45, 7) is 10.6. The molecule has 0 radical (unpaired) electrons. The second kappa shape index (κ2) is 7.78. The maximum atomic E-state index is 11.6. The summed E-state index contributed by atoms with van der Waals surface area (Å²) in [7, 11) is 0. The molecule has 0 aromatic carbocycles. The number of amidine groups is 1. The molecule has 1 rings (SSSR count). The maximum absolute atomic E-state index is 11.6. The minimum Gasteiger partial charge on any atom is -0.356 e. The molecule has 1 amide bonds. The van der Waals surface area contributed by atoms with Gasteiger partial charge in [0.25, 0.3) is 0 Å². The number of aliphatic imine (C=N–C) groups is 1. The molecule has 0 unspecified atom stereocenters. The topological polar surface area (TPSA) is 53.5 Å². The Balaban J connectivity index is 2.32. The predicted octanol–water partition coefficient (Wildman–Crippen LogP) is 2.26. The fourth-order valence-electron chi connectivity index (χ4n) is 1.87. The second-order valence-electron chi connectivity index (χ2n) is 5.67. The maximum Gasteiger partial charge on any atom is 0.239 e. The van der Waals surface area contributed by atoms with E-state index in [0.29, 0.717) is 17.9 Å². The van der Waals surface area contributed by atoms with E-state index in [1.807, 2.05) is 0 Å². The number of carbonyl (C=O) groups is 1. The van der Waals surface area contributed by atoms with Gasteiger partial charge in [0.2, 0.25) is 5.91 Å². The Morgan fingerprint density at radius 1 is 1.42 bits per heavy atom. The van der Waals surface area contributed by atoms with E-state index in [-0.39, 0.29) is 5.91 Å². The summed E-state index contributed by atoms with van der Waals surface area (Å²) < 4.78 is 0. The van der Waals surface area contributed by atoms with Crippen molar-refractivity contribution in [2.75, 3.05) is 25.4 Å². The first-order valence-electron chi connectivity index (χ1n) is 7.19. The van der Waals surface area contributed by atoms with Crippen LogP contribution in [0.3, 0.4) is 0 Å². The lowest BCUT2D eigenvalue weighted by molar-refractivity contribution is -0.120. The van der Waals surface area contributed by atoms with Crippen LogP contribution in [-0.2, 0) is 4.79 Å². The van der Waals surface area contributed by atoms with Crippen molar-refractivity contribution in [1.29, 1.82) is 0 Å². The highest BCUT2D eigenvalue weighted by Gasteiger charge is 2.30. The molecule has 0 aromatic heterocycles. The van der Waals surface area contributed by atoms with Crippen molar-refractivity contribution >= 4 is 22.8 Å². The van der Waals surface area contributed by atoms with E-state index in [2.05, 4.69) is 43.3 Å². The first kappa shape index (κ1) is 16.3. The van der Waals surface area contributed by atoms with Crippen molar-refractivity contribution in [3.05, 3.63) is 0 Å². The molecule has 0 spiro atoms. The zero-order valence-electron chi connectivity index (χ0n) is 12.6. The highest BCUT2D eigenvalue weighted by Crippen LogP contribution is 2.34. The van der Waals surface area contributed by atoms with Crippen molar-refractivity contribution in [1.82, 2.24) is 10.6 Å². The monoisotopic (exact) mass is 285 g/mol. The summed E-state index contributed by atoms with van der Waals surface area (Å²) in [5, 5.41) is 6.94. The average molecular weight is 285 g/mol. The third-order valence-corrected chi connectivity index (χ3v) is 4.98. The van der Waals surface area contributed by atoms with Crippen LogP contribution in [0.5, 0.6) is 0 Å². The fraction of sp³-hybridized carbons (Fsp3) is 0.857. The highest BCUT2D eigenvalue weighted by atomic mass is 32.2. The summed E-state index contributed by atoms with van der Waals surface area (Å²) in [5.74, 6) is 1.62. The van der Waals surface area contributed by atoms with E-state index in [1.54, 1.807) is 11.8 Å². The fourth-order valence-corrected chi connectivity index (χ4v) is 3.15. The predicted molar refractivity (Wildman–Crippen MR) is 83.6 cm³/mol. The Morgan fingerprint density at radius 3 is 2.58 bits per heavy atom. The molecular weight excluding hydrogens is 258 g/mol. The smallest absolute Gasteiger partial charge is 0.239 e. The minimum atomic E-state index is 0.0415. The van der Waals surface area contributed by atoms with Gasteiger partial charge in [-0.2, -0.15) is 0 Å². The number of hydrogen-bond acceptors (Lipinski definition) is 4. The van der Waals surface area contributed by atoms with E-state index < -0.39 is 0 Å². The Morgan fingerprint density at radius 2 is 2.11 bits per heavy atom. The molecule has 0 aromatic rings. The lowest BCUT2D eigenvalue weighted by atomic mass is 9.84. The van der Waals surface area contributed by atoms with E-state index in [9.17, 15) is 4.79 Å². The number of carbonyl (C=O) groups excluding carboxylic acids is 1. The zero-order valence-corrected chi connectivity index (χ0v) is 13.4. The molecule has 1 aliphatic heterocycles. The molecular formula is C14H27N3OS. The Hall–Kier alpha value is -0.710. The number of rotatable bonds is 6. The minimum absolute atomic E-state index is 0.0415. The zero-order chi connectivity index (χ0) is 14.3. The first-order valence-corrected chi connectivity index (χ1v) is 8.17. The molecule has 4 nitrogen and oxygen atoms in total. The van der Waals surface area contributed by atoms with Crippen molar-refractivity contribution in [3.8, 4) is 0 Å². The first-order chi connectivity index (χ1) is 9.01. The lowest BCUT2D eigenvalue weighted by Crippen LogP contribution is -2.40. The van der Waals surface area contributed by atoms with Crippen molar-refractivity contribution in [3.63, 3.8) is 0 Å². The van der Waals surface area contributed by atoms with Gasteiger partial charge >= 0.3 is 0 Å². The second-order valence-corrected chi connectivity index (χ2v) is 6.63. The van der Waals surface area contributed by atoms with Crippen LogP contribution in [-0.4, -0.2) is 36.5 Å². The number of nitrogens with one attached hydrogen (secondary N) is 2. The molecule has 0 bridgehead atoms. The molecule has 110 valence electrons. The molecule has 1 heterocycles. The van der Waals surface area contributed by atoms with Crippen molar-refractivity contribution in [2.45, 2.75) is 40.5 Å². The van der Waals surface area contributed by atoms with Gasteiger partial charge in [-0.25, -0.2) is 0 Å². The quantitative estimate of drug-likeness (QED) is 0.787. The average Bonchev–Trinajstić information content (AvgIpc) is 2.43. The number of nitrogens with zero attached hydrogens (tertiary/aromatic N) is 1. The molecule has 0 atom stereocenters. The Kier molecular flexibility index (Phi) is 6.69. The normalized spacial score (nSPS) is 18.1. The van der Waals surface area contributed by atoms with Crippen LogP contribution in [0.1, 0.15) is 40.5 Å². The van der Waals surface area contributed by atoms with Crippen molar-refractivity contribution in [2.24, 2.45) is 16.3 Å². The number of hydrogen-bond donors (Lipinski definition) is 2. The van der Waals surface area contributed by atoms with Gasteiger partial charge in [0.15, 0.2) is 5.17 Å². The molecule has 19 heavy (non-hydrogen) atoms. The number of thioether (sulfide) groups is 1. The summed E-state index contributed by atoms with van der Waals surface area (Å²) >= 11 is 1.74. The largest absolute Gasteiger partial charge is 0.356 e. The van der Waals surface area contributed by atoms with Gasteiger partial charge in [-0.15, -0.1) is 0 Å². The summed E-state index contributed by atoms with van der Waals surface area (Å²) in [4.78, 5) is 16.2. The summed E-state index contributed by atoms with van der Waals surface area (Å²) in [5.41, 5.74) is 0.357. The van der Waals surface area contributed by atoms with Gasteiger partial charge < -0.3 is 10.6 Å². The molecule has 1 aliphatic rings. The molecule has 0 fully saturated rings. The Bertz CT molecular complexity index is 325. The van der Waals surface area contributed by atoms with Gasteiger partial charge in [0, 0.05) is 18.8 Å². The SMILES string of the molecule is CCC1(CC)CN=C(NCC(=O)NCC(C)C)SC1. The molecule has 0 saturated carbocycles. The summed E-state index contributed by atoms with van der Waals surface area (Å²) in [6, 6.07) is 0. The van der Waals surface area contributed by atoms with E-state index >= 15 is 0 Å². The van der Waals surface area contributed by atoms with Crippen LogP contribution in [0.25, 0.3) is 0 Å². The number of amides is 1. The highest BCUT2D eigenvalue weighted by molar-refractivity contribution is 8.13. The van der Waals surface area contributed by atoms with E-state index in [0.717, 1.165) is 24.0 Å². The van der Waals surface area contributed by atoms with Crippen molar-refractivity contribution < 1.29 is 4.79 Å². The van der Waals surface area contributed by atoms with Gasteiger partial charge in [-0.1, -0.05) is 39.5 Å². The third kappa shape index (κ3) is 5.43. The van der Waals surface area contributed by atoms with Gasteiger partial charge in [0.1, 0.15) is 0 Å². The molecule has 0 aliphatic carbocycles. The Labute approximate surface area is 121 Å². The molecule has 5 heteroatoms. The molecule has 2 N–H and O–H groups in total. The third-order valence-electron chi connectivity index (χ3n) is 3.68. The van der Waals surface area contributed by atoms with Crippen LogP contribution in [0.2, 0.25) is 0 Å². The lowest BCUT2D eigenvalue weighted by Gasteiger charge is -2.33. The summed E-state index contributed by atoms with van der Waals surface area (Å²) in [6.07, 6.45) is 2.34. The molecule has 0 saturated heterocycles. The standard InChI is InChI=1S/C14H27N3OS/c1-5-14(6-2)9-17-13(19-10-14)16-8-12(18)15-7-11(3)4/h11H,5-10H2,1-4H3,(H,15,18)(H,16,17). The van der Waals surface area contributed by atoms with Gasteiger partial charge in [0.05, 0.1) is 6.54 Å². The van der Waals surface area contributed by atoms with Crippen LogP contribution >= 0.6 is 11.8 Å². The van der Waals surface area contributed by atoms with Gasteiger partial charge in [-0.05, 0) is 24.2 Å². The van der Waals surface area contributed by atoms with Crippen LogP contribution in [0.15, 0.2) is 4.99 Å².